The highest BCUT2D eigenvalue weighted by Gasteiger charge is 2.08. The molecule has 0 aliphatic heterocycles. The summed E-state index contributed by atoms with van der Waals surface area (Å²) in [6.45, 7) is 1.59. The van der Waals surface area contributed by atoms with E-state index < -0.39 is 0 Å². The van der Waals surface area contributed by atoms with E-state index in [1.54, 1.807) is 6.92 Å². The monoisotopic (exact) mass is 240 g/mol. The number of pyridine rings is 1. The quantitative estimate of drug-likeness (QED) is 0.456. The number of hydrogen-bond donors (Lipinski definition) is 2. The molecule has 0 amide bonds. The van der Waals surface area contributed by atoms with Crippen molar-refractivity contribution in [2.75, 3.05) is 5.43 Å². The van der Waals surface area contributed by atoms with Crippen molar-refractivity contribution in [3.05, 3.63) is 22.9 Å². The summed E-state index contributed by atoms with van der Waals surface area (Å²) in [5.41, 5.74) is 3.09. The zero-order valence-electron chi connectivity index (χ0n) is 9.43. The predicted octanol–water partition coefficient (Wildman–Crippen LogP) is 0.750. The van der Waals surface area contributed by atoms with Crippen LogP contribution >= 0.6 is 0 Å². The number of aromatic nitrogens is 1. The van der Waals surface area contributed by atoms with Gasteiger partial charge in [-0.3, -0.25) is 10.2 Å². The number of hydrazone groups is 1. The SMILES string of the molecule is Cc1nc(N/N=C(\C=N)C=O)cc(C#N)c1C#N. The second kappa shape index (κ2) is 5.87. The van der Waals surface area contributed by atoms with E-state index in [0.717, 1.165) is 6.21 Å². The van der Waals surface area contributed by atoms with Crippen molar-refractivity contribution in [3.63, 3.8) is 0 Å². The number of hydrogen-bond acceptors (Lipinski definition) is 7. The molecule has 1 heterocycles. The zero-order chi connectivity index (χ0) is 13.5. The molecule has 2 N–H and O–H groups in total. The van der Waals surface area contributed by atoms with Crippen LogP contribution < -0.4 is 5.43 Å². The van der Waals surface area contributed by atoms with Crippen LogP contribution in [0.15, 0.2) is 11.2 Å². The van der Waals surface area contributed by atoms with Gasteiger partial charge in [-0.1, -0.05) is 0 Å². The Morgan fingerprint density at radius 1 is 1.56 bits per heavy atom. The summed E-state index contributed by atoms with van der Waals surface area (Å²) in [6.07, 6.45) is 1.18. The van der Waals surface area contributed by atoms with Gasteiger partial charge in [0.2, 0.25) is 0 Å². The number of aryl methyl sites for hydroxylation is 1. The Hall–Kier alpha value is -3.06. The minimum absolute atomic E-state index is 0.114. The van der Waals surface area contributed by atoms with Crippen LogP contribution in [0.4, 0.5) is 5.82 Å². The van der Waals surface area contributed by atoms with Crippen LogP contribution in [0.25, 0.3) is 0 Å². The molecule has 0 saturated carbocycles. The number of nitrogens with zero attached hydrogens (tertiary/aromatic N) is 4. The molecule has 0 unspecified atom stereocenters. The molecule has 0 aromatic carbocycles. The summed E-state index contributed by atoms with van der Waals surface area (Å²) >= 11 is 0. The summed E-state index contributed by atoms with van der Waals surface area (Å²) in [6, 6.07) is 5.11. The van der Waals surface area contributed by atoms with Gasteiger partial charge in [0.15, 0.2) is 6.29 Å². The lowest BCUT2D eigenvalue weighted by atomic mass is 10.1. The first-order chi connectivity index (χ1) is 8.65. The molecule has 0 aliphatic carbocycles. The third kappa shape index (κ3) is 2.74. The highest BCUT2D eigenvalue weighted by molar-refractivity contribution is 6.53. The van der Waals surface area contributed by atoms with Gasteiger partial charge in [0.25, 0.3) is 0 Å². The minimum Gasteiger partial charge on any atom is -0.306 e. The molecule has 1 aromatic heterocycles. The molecule has 0 radical (unpaired) electrons. The van der Waals surface area contributed by atoms with E-state index in [0.29, 0.717) is 12.0 Å². The lowest BCUT2D eigenvalue weighted by Crippen LogP contribution is -2.06. The summed E-state index contributed by atoms with van der Waals surface area (Å²) in [5, 5.41) is 28.2. The molecule has 0 saturated heterocycles. The number of anilines is 1. The van der Waals surface area contributed by atoms with Crippen LogP contribution in [-0.2, 0) is 4.79 Å². The van der Waals surface area contributed by atoms with E-state index in [1.165, 1.54) is 6.07 Å². The van der Waals surface area contributed by atoms with Crippen molar-refractivity contribution in [1.29, 1.82) is 15.9 Å². The van der Waals surface area contributed by atoms with E-state index in [4.69, 9.17) is 15.9 Å². The van der Waals surface area contributed by atoms with E-state index in [-0.39, 0.29) is 22.7 Å². The summed E-state index contributed by atoms with van der Waals surface area (Å²) in [4.78, 5) is 14.4. The molecule has 18 heavy (non-hydrogen) atoms. The predicted molar refractivity (Wildman–Crippen MR) is 64.3 cm³/mol. The maximum Gasteiger partial charge on any atom is 0.171 e. The maximum absolute atomic E-state index is 10.4. The van der Waals surface area contributed by atoms with Gasteiger partial charge in [0, 0.05) is 12.3 Å². The normalized spacial score (nSPS) is 10.1. The Morgan fingerprint density at radius 3 is 2.78 bits per heavy atom. The van der Waals surface area contributed by atoms with Gasteiger partial charge in [-0.25, -0.2) is 4.98 Å². The number of nitrogens with one attached hydrogen (secondary N) is 2. The molecule has 7 nitrogen and oxygen atoms in total. The molecule has 88 valence electrons. The fraction of sp³-hybridized carbons (Fsp3) is 0.0909. The Kier molecular flexibility index (Phi) is 4.24. The fourth-order valence-electron chi connectivity index (χ4n) is 1.17. The van der Waals surface area contributed by atoms with Crippen LogP contribution in [0.2, 0.25) is 0 Å². The van der Waals surface area contributed by atoms with Gasteiger partial charge in [-0.2, -0.15) is 15.6 Å². The average Bonchev–Trinajstić information content (AvgIpc) is 2.39. The smallest absolute Gasteiger partial charge is 0.171 e. The van der Waals surface area contributed by atoms with Crippen LogP contribution in [0, 0.1) is 35.0 Å². The first kappa shape index (κ1) is 13.0. The maximum atomic E-state index is 10.4. The topological polar surface area (TPSA) is 126 Å². The Labute approximate surface area is 103 Å². The van der Waals surface area contributed by atoms with Crippen LogP contribution in [0.1, 0.15) is 16.8 Å². The van der Waals surface area contributed by atoms with Gasteiger partial charge in [0.1, 0.15) is 23.7 Å². The highest BCUT2D eigenvalue weighted by atomic mass is 16.1. The van der Waals surface area contributed by atoms with Gasteiger partial charge in [-0.05, 0) is 6.92 Å². The third-order valence-electron chi connectivity index (χ3n) is 2.00. The number of rotatable bonds is 4. The second-order valence-corrected chi connectivity index (χ2v) is 3.15. The molecule has 1 rings (SSSR count). The zero-order valence-corrected chi connectivity index (χ0v) is 9.43. The summed E-state index contributed by atoms with van der Waals surface area (Å²) < 4.78 is 0. The summed E-state index contributed by atoms with van der Waals surface area (Å²) in [5.74, 6) is 0.226. The van der Waals surface area contributed by atoms with E-state index in [1.807, 2.05) is 12.1 Å². The standard InChI is InChI=1S/C11H8N6O/c1-7-10(5-14)8(3-12)2-11(15-7)17-16-9(4-13)6-18/h2,4,6,13H,1H3,(H,15,17)/b13-4?,16-9+. The molecular formula is C11H8N6O. The molecule has 0 aliphatic rings. The highest BCUT2D eigenvalue weighted by Crippen LogP contribution is 2.15. The third-order valence-corrected chi connectivity index (χ3v) is 2.00. The molecule has 1 aromatic rings. The van der Waals surface area contributed by atoms with Crippen molar-refractivity contribution in [2.45, 2.75) is 6.92 Å². The van der Waals surface area contributed by atoms with Crippen LogP contribution in [-0.4, -0.2) is 23.2 Å². The van der Waals surface area contributed by atoms with Gasteiger partial charge >= 0.3 is 0 Å². The molecule has 0 fully saturated rings. The van der Waals surface area contributed by atoms with Crippen molar-refractivity contribution in [3.8, 4) is 12.1 Å². The van der Waals surface area contributed by atoms with Crippen LogP contribution in [0.5, 0.6) is 0 Å². The van der Waals surface area contributed by atoms with E-state index >= 15 is 0 Å². The van der Waals surface area contributed by atoms with E-state index in [2.05, 4.69) is 15.5 Å². The molecule has 0 spiro atoms. The Morgan fingerprint density at radius 2 is 2.28 bits per heavy atom. The average molecular weight is 240 g/mol. The Balaban J connectivity index is 3.15. The molecule has 7 heteroatoms. The van der Waals surface area contributed by atoms with Gasteiger partial charge < -0.3 is 5.41 Å². The van der Waals surface area contributed by atoms with Crippen LogP contribution in [0.3, 0.4) is 0 Å². The number of nitriles is 2. The Bertz CT molecular complexity index is 595. The number of carbonyl (C=O) groups is 1. The number of carbonyl (C=O) groups excluding carboxylic acids is 1. The van der Waals surface area contributed by atoms with Gasteiger partial charge in [-0.15, -0.1) is 0 Å². The van der Waals surface area contributed by atoms with Crippen molar-refractivity contribution in [1.82, 2.24) is 4.98 Å². The largest absolute Gasteiger partial charge is 0.306 e. The van der Waals surface area contributed by atoms with Gasteiger partial charge in [0.05, 0.1) is 16.8 Å². The van der Waals surface area contributed by atoms with E-state index in [9.17, 15) is 4.79 Å². The first-order valence-electron chi connectivity index (χ1n) is 4.77. The number of aldehydes is 1. The molecule has 0 atom stereocenters. The minimum atomic E-state index is -0.114. The fourth-order valence-corrected chi connectivity index (χ4v) is 1.17. The van der Waals surface area contributed by atoms with Crippen molar-refractivity contribution in [2.24, 2.45) is 5.10 Å². The summed E-state index contributed by atoms with van der Waals surface area (Å²) in [7, 11) is 0. The van der Waals surface area contributed by atoms with Crippen molar-refractivity contribution < 1.29 is 4.79 Å². The molecular weight excluding hydrogens is 232 g/mol. The molecule has 0 bridgehead atoms. The lowest BCUT2D eigenvalue weighted by Gasteiger charge is -2.04. The van der Waals surface area contributed by atoms with Crippen molar-refractivity contribution >= 4 is 24.0 Å². The first-order valence-corrected chi connectivity index (χ1v) is 4.77. The second-order valence-electron chi connectivity index (χ2n) is 3.15. The lowest BCUT2D eigenvalue weighted by molar-refractivity contribution is -0.102.